The van der Waals surface area contributed by atoms with Crippen molar-refractivity contribution in [2.75, 3.05) is 35.7 Å². The highest BCUT2D eigenvalue weighted by Crippen LogP contribution is 2.62. The van der Waals surface area contributed by atoms with E-state index in [2.05, 4.69) is 49.4 Å². The first kappa shape index (κ1) is 26.6. The van der Waals surface area contributed by atoms with Gasteiger partial charge in [-0.15, -0.1) is 0 Å². The molecule has 0 radical (unpaired) electrons. The predicted molar refractivity (Wildman–Crippen MR) is 153 cm³/mol. The van der Waals surface area contributed by atoms with Crippen molar-refractivity contribution < 1.29 is 9.53 Å². The number of carbonyl (C=O) groups is 1. The Kier molecular flexibility index (Phi) is 8.31. The van der Waals surface area contributed by atoms with E-state index in [-0.39, 0.29) is 0 Å². The first-order valence-electron chi connectivity index (χ1n) is 12.2. The second-order valence-electron chi connectivity index (χ2n) is 8.25. The van der Waals surface area contributed by atoms with Crippen LogP contribution in [0.1, 0.15) is 27.7 Å². The molecule has 0 bridgehead atoms. The zero-order chi connectivity index (χ0) is 25.9. The molecule has 1 aliphatic rings. The summed E-state index contributed by atoms with van der Waals surface area (Å²) in [7, 11) is -2.91. The van der Waals surface area contributed by atoms with E-state index in [0.717, 1.165) is 29.8 Å². The van der Waals surface area contributed by atoms with Gasteiger partial charge in [0.1, 0.15) is 5.75 Å². The van der Waals surface area contributed by atoms with Gasteiger partial charge in [-0.3, -0.25) is 0 Å². The molecule has 1 atom stereocenters. The lowest BCUT2D eigenvalue weighted by Crippen LogP contribution is -2.46. The van der Waals surface area contributed by atoms with E-state index in [4.69, 9.17) is 32.7 Å². The van der Waals surface area contributed by atoms with Gasteiger partial charge in [0.15, 0.2) is 7.36 Å². The minimum Gasteiger partial charge on any atom is -0.409 e. The summed E-state index contributed by atoms with van der Waals surface area (Å²) in [5.74, 6) is 0.542. The first-order valence-corrected chi connectivity index (χ1v) is 14.6. The highest BCUT2D eigenvalue weighted by molar-refractivity contribution is 7.74. The number of hydrogen-bond acceptors (Lipinski definition) is 4. The van der Waals surface area contributed by atoms with E-state index < -0.39 is 13.4 Å². The van der Waals surface area contributed by atoms with Gasteiger partial charge in [0.25, 0.3) is 0 Å². The molecule has 1 heterocycles. The van der Waals surface area contributed by atoms with Crippen LogP contribution in [0.4, 0.5) is 21.9 Å². The minimum atomic E-state index is -2.91. The predicted octanol–water partition coefficient (Wildman–Crippen LogP) is 8.19. The largest absolute Gasteiger partial charge is 0.425 e. The van der Waals surface area contributed by atoms with E-state index in [1.54, 1.807) is 22.9 Å². The zero-order valence-corrected chi connectivity index (χ0v) is 23.4. The van der Waals surface area contributed by atoms with Crippen LogP contribution in [0, 0.1) is 0 Å². The van der Waals surface area contributed by atoms with E-state index in [9.17, 15) is 4.79 Å². The molecule has 1 amide bonds. The monoisotopic (exact) mass is 544 g/mol. The van der Waals surface area contributed by atoms with Gasteiger partial charge < -0.3 is 9.64 Å². The second-order valence-corrected chi connectivity index (χ2v) is 11.8. The third-order valence-corrected chi connectivity index (χ3v) is 10.9. The molecule has 4 rings (SSSR count). The van der Waals surface area contributed by atoms with Gasteiger partial charge >= 0.3 is 6.09 Å². The van der Waals surface area contributed by atoms with Crippen molar-refractivity contribution in [2.24, 2.45) is 4.74 Å². The van der Waals surface area contributed by atoms with Crippen molar-refractivity contribution >= 4 is 59.0 Å². The number of benzene rings is 3. The summed E-state index contributed by atoms with van der Waals surface area (Å²) in [6.45, 7) is 11.5. The third kappa shape index (κ3) is 4.76. The van der Waals surface area contributed by atoms with Crippen LogP contribution in [-0.2, 0) is 0 Å². The average Bonchev–Trinajstić information content (AvgIpc) is 2.88. The molecule has 0 aliphatic carbocycles. The summed E-state index contributed by atoms with van der Waals surface area (Å²) < 4.78 is 15.3. The topological polar surface area (TPSA) is 48.4 Å². The van der Waals surface area contributed by atoms with Gasteiger partial charge in [0, 0.05) is 37.9 Å². The molecular formula is C27H31Cl2N4O2P. The van der Waals surface area contributed by atoms with Gasteiger partial charge in [-0.1, -0.05) is 55.2 Å². The van der Waals surface area contributed by atoms with Crippen molar-refractivity contribution in [2.45, 2.75) is 27.7 Å². The minimum absolute atomic E-state index is 0.363. The Balaban J connectivity index is 2.09. The smallest absolute Gasteiger partial charge is 0.409 e. The Morgan fingerprint density at radius 3 is 2.17 bits per heavy atom. The van der Waals surface area contributed by atoms with Crippen molar-refractivity contribution in [3.05, 3.63) is 76.8 Å². The lowest BCUT2D eigenvalue weighted by Gasteiger charge is -2.45. The van der Waals surface area contributed by atoms with E-state index >= 15 is 0 Å². The number of amides is 1. The SMILES string of the molecule is CCN(CC)c1ccc2c(c1)OC(=O)N(c1ccc(Cl)c(Cl)c1)[P@@]2(=Nc1ccccc1)N(CC)CC. The molecule has 1 aliphatic heterocycles. The normalized spacial score (nSPS) is 17.1. The Morgan fingerprint density at radius 1 is 0.861 bits per heavy atom. The van der Waals surface area contributed by atoms with Gasteiger partial charge in [-0.2, -0.15) is 0 Å². The van der Waals surface area contributed by atoms with E-state index in [0.29, 0.717) is 34.6 Å². The summed E-state index contributed by atoms with van der Waals surface area (Å²) >= 11 is 12.7. The number of anilines is 2. The fourth-order valence-corrected chi connectivity index (χ4v) is 8.60. The number of halogens is 2. The second kappa shape index (κ2) is 11.3. The van der Waals surface area contributed by atoms with Gasteiger partial charge in [-0.05, 0) is 56.3 Å². The molecule has 0 spiro atoms. The van der Waals surface area contributed by atoms with Crippen LogP contribution in [0.2, 0.25) is 10.0 Å². The Bertz CT molecular complexity index is 1290. The Hall–Kier alpha value is -2.50. The van der Waals surface area contributed by atoms with Crippen molar-refractivity contribution in [1.82, 2.24) is 4.67 Å². The molecule has 0 aromatic heterocycles. The van der Waals surface area contributed by atoms with E-state index in [1.807, 2.05) is 36.4 Å². The molecule has 36 heavy (non-hydrogen) atoms. The number of nitrogens with zero attached hydrogens (tertiary/aromatic N) is 4. The van der Waals surface area contributed by atoms with Crippen LogP contribution < -0.4 is 19.6 Å². The molecule has 3 aromatic rings. The lowest BCUT2D eigenvalue weighted by atomic mass is 10.2. The number of fused-ring (bicyclic) bond motifs is 1. The Labute approximate surface area is 223 Å². The maximum absolute atomic E-state index is 13.9. The first-order chi connectivity index (χ1) is 17.4. The van der Waals surface area contributed by atoms with Crippen LogP contribution in [0.25, 0.3) is 0 Å². The Morgan fingerprint density at radius 2 is 1.56 bits per heavy atom. The quantitative estimate of drug-likeness (QED) is 0.268. The zero-order valence-electron chi connectivity index (χ0n) is 21.0. The standard InChI is InChI=1S/C27H31Cl2N4O2P/c1-5-31(6-2)21-15-17-26-25(19-21)35-27(34)33(22-14-16-23(28)24(29)18-22)36(26,32(7-3)8-4)30-20-12-10-9-11-13-20/h9-19H,5-8H2,1-4H3/t36-/m0/s1. The number of rotatable bonds is 8. The van der Waals surface area contributed by atoms with Gasteiger partial charge in [0.2, 0.25) is 0 Å². The summed E-state index contributed by atoms with van der Waals surface area (Å²) in [6.07, 6.45) is -0.488. The van der Waals surface area contributed by atoms with Gasteiger partial charge in [-0.25, -0.2) is 18.9 Å². The van der Waals surface area contributed by atoms with Gasteiger partial charge in [0.05, 0.1) is 26.7 Å². The molecule has 9 heteroatoms. The average molecular weight is 545 g/mol. The maximum atomic E-state index is 13.9. The molecule has 190 valence electrons. The molecule has 0 saturated carbocycles. The van der Waals surface area contributed by atoms with Crippen LogP contribution >= 0.6 is 30.6 Å². The molecule has 0 unspecified atom stereocenters. The summed E-state index contributed by atoms with van der Waals surface area (Å²) in [5.41, 5.74) is 2.39. The number of hydrogen-bond donors (Lipinski definition) is 0. The molecule has 0 fully saturated rings. The summed E-state index contributed by atoms with van der Waals surface area (Å²) in [5, 5.41) is 1.67. The summed E-state index contributed by atoms with van der Waals surface area (Å²) in [6, 6.07) is 21.1. The van der Waals surface area contributed by atoms with Crippen molar-refractivity contribution in [1.29, 1.82) is 0 Å². The lowest BCUT2D eigenvalue weighted by molar-refractivity contribution is 0.210. The highest BCUT2D eigenvalue weighted by atomic mass is 35.5. The van der Waals surface area contributed by atoms with Crippen LogP contribution in [0.5, 0.6) is 5.75 Å². The fourth-order valence-electron chi connectivity index (χ4n) is 4.57. The number of carbonyl (C=O) groups excluding carboxylic acids is 1. The molecular weight excluding hydrogens is 514 g/mol. The number of ether oxygens (including phenoxy) is 1. The summed E-state index contributed by atoms with van der Waals surface area (Å²) in [4.78, 5) is 16.1. The molecule has 3 aromatic carbocycles. The van der Waals surface area contributed by atoms with Crippen LogP contribution in [0.3, 0.4) is 0 Å². The third-order valence-electron chi connectivity index (χ3n) is 6.33. The molecule has 0 saturated heterocycles. The van der Waals surface area contributed by atoms with Crippen LogP contribution in [-0.4, -0.2) is 36.9 Å². The van der Waals surface area contributed by atoms with E-state index in [1.165, 1.54) is 0 Å². The maximum Gasteiger partial charge on any atom is 0.425 e. The molecule has 0 N–H and O–H groups in total. The van der Waals surface area contributed by atoms with Crippen LogP contribution in [0.15, 0.2) is 71.5 Å². The van der Waals surface area contributed by atoms with Crippen molar-refractivity contribution in [3.8, 4) is 5.75 Å². The molecule has 6 nitrogen and oxygen atoms in total. The van der Waals surface area contributed by atoms with Crippen molar-refractivity contribution in [3.63, 3.8) is 0 Å². The highest BCUT2D eigenvalue weighted by Gasteiger charge is 2.46. The fraction of sp³-hybridized carbons (Fsp3) is 0.296.